The molecule has 1 aromatic carbocycles. The van der Waals surface area contributed by atoms with Gasteiger partial charge in [-0.15, -0.1) is 0 Å². The minimum atomic E-state index is -0.510. The van der Waals surface area contributed by atoms with Gasteiger partial charge in [-0.25, -0.2) is 4.79 Å². The van der Waals surface area contributed by atoms with Crippen LogP contribution in [0.1, 0.15) is 22.8 Å². The highest BCUT2D eigenvalue weighted by molar-refractivity contribution is 9.10. The maximum Gasteiger partial charge on any atom is 0.340 e. The summed E-state index contributed by atoms with van der Waals surface area (Å²) in [7, 11) is 0. The van der Waals surface area contributed by atoms with E-state index in [4.69, 9.17) is 4.74 Å². The fraction of sp³-hybridized carbons (Fsp3) is 0.235. The second kappa shape index (κ2) is 7.92. The van der Waals surface area contributed by atoms with E-state index in [0.29, 0.717) is 10.2 Å². The van der Waals surface area contributed by atoms with Gasteiger partial charge >= 0.3 is 5.97 Å². The summed E-state index contributed by atoms with van der Waals surface area (Å²) in [5, 5.41) is 2.65. The van der Waals surface area contributed by atoms with Crippen LogP contribution in [0.3, 0.4) is 0 Å². The highest BCUT2D eigenvalue weighted by atomic mass is 79.9. The number of nitrogens with zero attached hydrogens (tertiary/aromatic N) is 1. The minimum absolute atomic E-state index is 0.156. The molecule has 0 unspecified atom stereocenters. The summed E-state index contributed by atoms with van der Waals surface area (Å²) < 4.78 is 6.67. The Morgan fingerprint density at radius 1 is 1.29 bits per heavy atom. The van der Waals surface area contributed by atoms with Gasteiger partial charge < -0.3 is 14.6 Å². The van der Waals surface area contributed by atoms with Crippen molar-refractivity contribution < 1.29 is 14.3 Å². The number of ether oxygens (including phenoxy) is 1. The zero-order chi connectivity index (χ0) is 17.7. The van der Waals surface area contributed by atoms with Crippen molar-refractivity contribution in [3.8, 4) is 0 Å². The van der Waals surface area contributed by atoms with Crippen molar-refractivity contribution in [2.24, 2.45) is 0 Å². The van der Waals surface area contributed by atoms with Crippen molar-refractivity contribution in [1.29, 1.82) is 0 Å². The van der Waals surface area contributed by atoms with Gasteiger partial charge in [-0.1, -0.05) is 12.1 Å². The molecule has 7 heteroatoms. The van der Waals surface area contributed by atoms with E-state index in [1.807, 2.05) is 6.92 Å². The number of benzene rings is 1. The summed E-state index contributed by atoms with van der Waals surface area (Å²) in [5.41, 5.74) is 1.17. The lowest BCUT2D eigenvalue weighted by molar-refractivity contribution is -0.116. The van der Waals surface area contributed by atoms with Gasteiger partial charge in [-0.2, -0.15) is 0 Å². The Balaban J connectivity index is 2.20. The molecule has 1 amide bonds. The third-order valence-electron chi connectivity index (χ3n) is 3.19. The number of anilines is 1. The predicted octanol–water partition coefficient (Wildman–Crippen LogP) is 2.73. The summed E-state index contributed by atoms with van der Waals surface area (Å²) in [6.45, 7) is 3.62. The van der Waals surface area contributed by atoms with E-state index in [1.165, 1.54) is 4.57 Å². The van der Waals surface area contributed by atoms with Gasteiger partial charge in [-0.3, -0.25) is 9.59 Å². The van der Waals surface area contributed by atoms with Crippen LogP contribution in [0, 0.1) is 6.92 Å². The van der Waals surface area contributed by atoms with Crippen molar-refractivity contribution in [3.63, 3.8) is 0 Å². The molecule has 0 fully saturated rings. The summed E-state index contributed by atoms with van der Waals surface area (Å²) in [4.78, 5) is 36.2. The lowest BCUT2D eigenvalue weighted by Gasteiger charge is -2.11. The van der Waals surface area contributed by atoms with Crippen LogP contribution in [0.5, 0.6) is 0 Å². The number of hydrogen-bond acceptors (Lipinski definition) is 4. The zero-order valence-corrected chi connectivity index (χ0v) is 14.9. The van der Waals surface area contributed by atoms with Crippen LogP contribution in [-0.4, -0.2) is 23.1 Å². The Hall–Kier alpha value is -2.41. The van der Waals surface area contributed by atoms with Crippen LogP contribution in [-0.2, 0) is 16.1 Å². The SMILES string of the molecule is CCOC(=O)c1ccccc1NC(=O)Cn1cc(C)cc(Br)c1=O. The van der Waals surface area contributed by atoms with Gasteiger partial charge in [0.1, 0.15) is 6.54 Å². The van der Waals surface area contributed by atoms with Gasteiger partial charge in [-0.05, 0) is 53.5 Å². The van der Waals surface area contributed by atoms with Crippen molar-refractivity contribution in [2.45, 2.75) is 20.4 Å². The number of amides is 1. The van der Waals surface area contributed by atoms with E-state index in [0.717, 1.165) is 5.56 Å². The minimum Gasteiger partial charge on any atom is -0.462 e. The Labute approximate surface area is 147 Å². The van der Waals surface area contributed by atoms with Crippen LogP contribution in [0.15, 0.2) is 45.8 Å². The number of aromatic nitrogens is 1. The molecule has 1 N–H and O–H groups in total. The lowest BCUT2D eigenvalue weighted by atomic mass is 10.2. The molecule has 2 rings (SSSR count). The van der Waals surface area contributed by atoms with Crippen LogP contribution in [0.2, 0.25) is 0 Å². The Bertz CT molecular complexity index is 830. The maximum absolute atomic E-state index is 12.3. The van der Waals surface area contributed by atoms with Crippen LogP contribution in [0.4, 0.5) is 5.69 Å². The predicted molar refractivity (Wildman–Crippen MR) is 94.2 cm³/mol. The first-order valence-corrected chi connectivity index (χ1v) is 8.14. The fourth-order valence-corrected chi connectivity index (χ4v) is 2.77. The molecule has 0 spiro atoms. The summed E-state index contributed by atoms with van der Waals surface area (Å²) in [6, 6.07) is 8.26. The molecule has 0 radical (unpaired) electrons. The highest BCUT2D eigenvalue weighted by Crippen LogP contribution is 2.16. The summed E-state index contributed by atoms with van der Waals surface area (Å²) in [6.07, 6.45) is 1.60. The number of halogens is 1. The molecular formula is C17H17BrN2O4. The number of nitrogens with one attached hydrogen (secondary N) is 1. The summed E-state index contributed by atoms with van der Waals surface area (Å²) >= 11 is 3.18. The van der Waals surface area contributed by atoms with Gasteiger partial charge in [0, 0.05) is 6.20 Å². The van der Waals surface area contributed by atoms with Crippen molar-refractivity contribution in [3.05, 3.63) is 62.5 Å². The normalized spacial score (nSPS) is 10.3. The average Bonchev–Trinajstić information content (AvgIpc) is 2.52. The maximum atomic E-state index is 12.3. The van der Waals surface area contributed by atoms with Gasteiger partial charge in [0.05, 0.1) is 22.3 Å². The van der Waals surface area contributed by atoms with Crippen LogP contribution >= 0.6 is 15.9 Å². The van der Waals surface area contributed by atoms with Gasteiger partial charge in [0.2, 0.25) is 5.91 Å². The van der Waals surface area contributed by atoms with E-state index in [9.17, 15) is 14.4 Å². The molecule has 0 atom stereocenters. The number of rotatable bonds is 5. The molecule has 6 nitrogen and oxygen atoms in total. The zero-order valence-electron chi connectivity index (χ0n) is 13.3. The van der Waals surface area contributed by atoms with Gasteiger partial charge in [0.25, 0.3) is 5.56 Å². The van der Waals surface area contributed by atoms with Crippen LogP contribution in [0.25, 0.3) is 0 Å². The van der Waals surface area contributed by atoms with Gasteiger partial charge in [0.15, 0.2) is 0 Å². The monoisotopic (exact) mass is 392 g/mol. The van der Waals surface area contributed by atoms with Crippen molar-refractivity contribution >= 4 is 33.5 Å². The number of carbonyl (C=O) groups is 2. The number of para-hydroxylation sites is 1. The molecular weight excluding hydrogens is 376 g/mol. The molecule has 1 aromatic heterocycles. The molecule has 0 aliphatic rings. The first kappa shape index (κ1) is 17.9. The Morgan fingerprint density at radius 3 is 2.71 bits per heavy atom. The molecule has 1 heterocycles. The standard InChI is InChI=1S/C17H17BrN2O4/c1-3-24-17(23)12-6-4-5-7-14(12)19-15(21)10-20-9-11(2)8-13(18)16(20)22/h4-9H,3,10H2,1-2H3,(H,19,21). The second-order valence-electron chi connectivity index (χ2n) is 5.11. The van der Waals surface area contributed by atoms with E-state index >= 15 is 0 Å². The molecule has 0 aliphatic heterocycles. The fourth-order valence-electron chi connectivity index (χ4n) is 2.18. The second-order valence-corrected chi connectivity index (χ2v) is 5.97. The number of hydrogen-bond donors (Lipinski definition) is 1. The molecule has 126 valence electrons. The smallest absolute Gasteiger partial charge is 0.340 e. The molecule has 0 saturated heterocycles. The van der Waals surface area contributed by atoms with E-state index < -0.39 is 11.9 Å². The third kappa shape index (κ3) is 4.32. The number of esters is 1. The number of carbonyl (C=O) groups excluding carboxylic acids is 2. The summed E-state index contributed by atoms with van der Waals surface area (Å²) in [5.74, 6) is -0.921. The lowest BCUT2D eigenvalue weighted by Crippen LogP contribution is -2.28. The van der Waals surface area contributed by atoms with Crippen LogP contribution < -0.4 is 10.9 Å². The average molecular weight is 393 g/mol. The largest absolute Gasteiger partial charge is 0.462 e. The van der Waals surface area contributed by atoms with E-state index in [2.05, 4.69) is 21.2 Å². The molecule has 24 heavy (non-hydrogen) atoms. The first-order chi connectivity index (χ1) is 11.4. The topological polar surface area (TPSA) is 77.4 Å². The number of pyridine rings is 1. The highest BCUT2D eigenvalue weighted by Gasteiger charge is 2.14. The number of aryl methyl sites for hydroxylation is 1. The molecule has 2 aromatic rings. The Kier molecular flexibility index (Phi) is 5.92. The third-order valence-corrected chi connectivity index (χ3v) is 3.76. The molecule has 0 saturated carbocycles. The molecule has 0 bridgehead atoms. The van der Waals surface area contributed by atoms with E-state index in [-0.39, 0.29) is 24.3 Å². The molecule has 0 aliphatic carbocycles. The quantitative estimate of drug-likeness (QED) is 0.793. The first-order valence-electron chi connectivity index (χ1n) is 7.35. The van der Waals surface area contributed by atoms with Crippen molar-refractivity contribution in [1.82, 2.24) is 4.57 Å². The van der Waals surface area contributed by atoms with Crippen molar-refractivity contribution in [2.75, 3.05) is 11.9 Å². The Morgan fingerprint density at radius 2 is 2.00 bits per heavy atom. The van der Waals surface area contributed by atoms with E-state index in [1.54, 1.807) is 43.5 Å².